The van der Waals surface area contributed by atoms with E-state index in [0.29, 0.717) is 0 Å². The first kappa shape index (κ1) is 28.2. The number of aromatic amines is 1. The standard InChI is InChI=1S/C21H26BrFN3O9P/c1-12(2)33-18(29)13(3)25-36(31,35-14-7-5-4-6-8-14)32-11-15-17(28)21(22,23)19(34-15)26-10-9-16(27)24-20(26)30/h4-10,12-13,15,17,19,28H,11H2,1-3H3,(H,25,31)(H,24,27,30)/t13-,15+,17-,19+,21-,36?/m0/s1. The molecule has 1 saturated heterocycles. The first-order valence-electron chi connectivity index (χ1n) is 10.8. The van der Waals surface area contributed by atoms with Crippen LogP contribution in [0.15, 0.2) is 52.2 Å². The summed E-state index contributed by atoms with van der Waals surface area (Å²) in [6.45, 7) is 4.01. The van der Waals surface area contributed by atoms with Crippen LogP contribution in [0.25, 0.3) is 0 Å². The highest BCUT2D eigenvalue weighted by Crippen LogP contribution is 2.49. The van der Waals surface area contributed by atoms with Crippen LogP contribution in [-0.4, -0.2) is 56.2 Å². The summed E-state index contributed by atoms with van der Waals surface area (Å²) in [6, 6.07) is 7.79. The van der Waals surface area contributed by atoms with Gasteiger partial charge in [-0.25, -0.2) is 13.8 Å². The van der Waals surface area contributed by atoms with E-state index in [2.05, 4.69) is 21.0 Å². The molecule has 0 bridgehead atoms. The van der Waals surface area contributed by atoms with Crippen LogP contribution in [0.2, 0.25) is 0 Å². The second kappa shape index (κ2) is 11.4. The maximum absolute atomic E-state index is 15.3. The fraction of sp³-hybridized carbons (Fsp3) is 0.476. The minimum atomic E-state index is -4.32. The first-order valence-corrected chi connectivity index (χ1v) is 13.2. The number of alkyl halides is 2. The Morgan fingerprint density at radius 1 is 1.31 bits per heavy atom. The molecule has 15 heteroatoms. The Morgan fingerprint density at radius 2 is 1.97 bits per heavy atom. The number of benzene rings is 1. The van der Waals surface area contributed by atoms with E-state index in [0.717, 1.165) is 16.8 Å². The summed E-state index contributed by atoms with van der Waals surface area (Å²) in [7, 11) is -4.32. The number of aliphatic hydroxyl groups is 1. The lowest BCUT2D eigenvalue weighted by atomic mass is 10.1. The van der Waals surface area contributed by atoms with Crippen molar-refractivity contribution in [2.24, 2.45) is 0 Å². The number of aliphatic hydroxyl groups excluding tert-OH is 1. The van der Waals surface area contributed by atoms with Crippen LogP contribution >= 0.6 is 23.7 Å². The zero-order valence-electron chi connectivity index (χ0n) is 19.5. The van der Waals surface area contributed by atoms with Gasteiger partial charge in [-0.3, -0.25) is 23.7 Å². The van der Waals surface area contributed by atoms with Crippen LogP contribution in [-0.2, 0) is 23.4 Å². The molecule has 36 heavy (non-hydrogen) atoms. The van der Waals surface area contributed by atoms with Gasteiger partial charge in [0.1, 0.15) is 24.0 Å². The maximum atomic E-state index is 15.3. The van der Waals surface area contributed by atoms with E-state index < -0.39 is 66.7 Å². The lowest BCUT2D eigenvalue weighted by molar-refractivity contribution is -0.149. The molecule has 2 aromatic rings. The number of halogens is 2. The molecule has 3 rings (SSSR count). The van der Waals surface area contributed by atoms with Crippen molar-refractivity contribution in [1.29, 1.82) is 0 Å². The Balaban J connectivity index is 1.80. The second-order valence-corrected chi connectivity index (χ2v) is 11.1. The Hall–Kier alpha value is -2.35. The minimum Gasteiger partial charge on any atom is -0.462 e. The normalized spacial score (nSPS) is 26.4. The molecule has 1 aromatic carbocycles. The van der Waals surface area contributed by atoms with Gasteiger partial charge >= 0.3 is 19.4 Å². The summed E-state index contributed by atoms with van der Waals surface area (Å²) in [5.74, 6) is -0.577. The molecule has 12 nitrogen and oxygen atoms in total. The van der Waals surface area contributed by atoms with E-state index in [4.69, 9.17) is 18.5 Å². The summed E-state index contributed by atoms with van der Waals surface area (Å²) < 4.78 is 48.5. The van der Waals surface area contributed by atoms with Crippen molar-refractivity contribution in [3.05, 3.63) is 63.4 Å². The van der Waals surface area contributed by atoms with E-state index in [1.165, 1.54) is 19.1 Å². The van der Waals surface area contributed by atoms with Crippen molar-refractivity contribution in [1.82, 2.24) is 14.6 Å². The molecule has 1 unspecified atom stereocenters. The number of hydrogen-bond acceptors (Lipinski definition) is 9. The highest BCUT2D eigenvalue weighted by molar-refractivity contribution is 9.10. The molecule has 6 atom stereocenters. The molecule has 0 spiro atoms. The molecule has 1 aliphatic rings. The number of nitrogens with one attached hydrogen (secondary N) is 2. The SMILES string of the molecule is CC(C)OC(=O)[C@H](C)NP(=O)(OC[C@H]1O[C@@H](n2ccc(=O)[nH]c2=O)[C@](F)(Br)[C@H]1O)Oc1ccccc1. The number of ether oxygens (including phenoxy) is 2. The number of para-hydroxylation sites is 1. The Kier molecular flexibility index (Phi) is 8.91. The Bertz CT molecular complexity index is 1220. The van der Waals surface area contributed by atoms with Crippen molar-refractivity contribution in [3.63, 3.8) is 0 Å². The van der Waals surface area contributed by atoms with Gasteiger partial charge in [0.05, 0.1) is 12.7 Å². The predicted molar refractivity (Wildman–Crippen MR) is 128 cm³/mol. The van der Waals surface area contributed by atoms with Gasteiger partial charge in [-0.1, -0.05) is 18.2 Å². The summed E-state index contributed by atoms with van der Waals surface area (Å²) in [4.78, 5) is 37.7. The quantitative estimate of drug-likeness (QED) is 0.211. The van der Waals surface area contributed by atoms with Gasteiger partial charge < -0.3 is 19.1 Å². The third-order valence-corrected chi connectivity index (χ3v) is 7.42. The van der Waals surface area contributed by atoms with Crippen molar-refractivity contribution in [2.75, 3.05) is 6.61 Å². The molecule has 0 radical (unpaired) electrons. The second-order valence-electron chi connectivity index (χ2n) is 8.20. The molecule has 1 aromatic heterocycles. The first-order chi connectivity index (χ1) is 16.8. The predicted octanol–water partition coefficient (Wildman–Crippen LogP) is 1.99. The van der Waals surface area contributed by atoms with E-state index in [9.17, 15) is 24.1 Å². The van der Waals surface area contributed by atoms with Crippen molar-refractivity contribution < 1.29 is 37.4 Å². The Morgan fingerprint density at radius 3 is 2.58 bits per heavy atom. The molecule has 0 aliphatic carbocycles. The van der Waals surface area contributed by atoms with Crippen molar-refractivity contribution in [2.45, 2.75) is 55.9 Å². The molecule has 2 heterocycles. The smallest absolute Gasteiger partial charge is 0.459 e. The number of nitrogens with zero attached hydrogens (tertiary/aromatic N) is 1. The fourth-order valence-corrected chi connectivity index (χ4v) is 5.35. The topological polar surface area (TPSA) is 158 Å². The van der Waals surface area contributed by atoms with Crippen LogP contribution < -0.4 is 20.9 Å². The average Bonchev–Trinajstić information content (AvgIpc) is 3.01. The van der Waals surface area contributed by atoms with E-state index >= 15 is 4.39 Å². The van der Waals surface area contributed by atoms with E-state index in [1.54, 1.807) is 32.0 Å². The van der Waals surface area contributed by atoms with Crippen LogP contribution in [0.1, 0.15) is 27.0 Å². The molecule has 3 N–H and O–H groups in total. The number of aromatic nitrogens is 2. The zero-order chi connectivity index (χ0) is 26.7. The van der Waals surface area contributed by atoms with Crippen molar-refractivity contribution >= 4 is 29.6 Å². The highest BCUT2D eigenvalue weighted by Gasteiger charge is 2.57. The molecular weight excluding hydrogens is 568 g/mol. The molecule has 1 fully saturated rings. The van der Waals surface area contributed by atoms with Crippen molar-refractivity contribution in [3.8, 4) is 5.75 Å². The zero-order valence-corrected chi connectivity index (χ0v) is 22.0. The molecule has 198 valence electrons. The summed E-state index contributed by atoms with van der Waals surface area (Å²) in [6.07, 6.45) is -4.46. The number of H-pyrrole nitrogens is 1. The van der Waals surface area contributed by atoms with E-state index in [-0.39, 0.29) is 5.75 Å². The lowest BCUT2D eigenvalue weighted by Crippen LogP contribution is -2.41. The summed E-state index contributed by atoms with van der Waals surface area (Å²) >= 11 is 2.73. The van der Waals surface area contributed by atoms with Gasteiger partial charge in [0.25, 0.3) is 5.56 Å². The third kappa shape index (κ3) is 6.69. The lowest BCUT2D eigenvalue weighted by Gasteiger charge is -2.25. The number of rotatable bonds is 10. The van der Waals surface area contributed by atoms with Gasteiger partial charge in [-0.15, -0.1) is 0 Å². The number of carbonyl (C=O) groups is 1. The monoisotopic (exact) mass is 593 g/mol. The fourth-order valence-electron chi connectivity index (χ4n) is 3.22. The van der Waals surface area contributed by atoms with Gasteiger partial charge in [0.2, 0.25) is 4.58 Å². The van der Waals surface area contributed by atoms with E-state index in [1.807, 2.05) is 4.98 Å². The number of hydrogen-bond donors (Lipinski definition) is 3. The highest BCUT2D eigenvalue weighted by atomic mass is 79.9. The maximum Gasteiger partial charge on any atom is 0.459 e. The van der Waals surface area contributed by atoms with Gasteiger partial charge in [-0.2, -0.15) is 5.09 Å². The van der Waals surface area contributed by atoms with Crippen LogP contribution in [0.5, 0.6) is 5.75 Å². The van der Waals surface area contributed by atoms with Crippen LogP contribution in [0, 0.1) is 0 Å². The van der Waals surface area contributed by atoms with Crippen LogP contribution in [0.3, 0.4) is 0 Å². The summed E-state index contributed by atoms with van der Waals surface area (Å²) in [5, 5.41) is 13.0. The number of carbonyl (C=O) groups excluding carboxylic acids is 1. The number of esters is 1. The minimum absolute atomic E-state index is 0.142. The molecule has 0 saturated carbocycles. The van der Waals surface area contributed by atoms with Gasteiger partial charge in [0.15, 0.2) is 6.23 Å². The molecule has 1 aliphatic heterocycles. The average molecular weight is 594 g/mol. The molecule has 0 amide bonds. The van der Waals surface area contributed by atoms with Gasteiger partial charge in [-0.05, 0) is 48.8 Å². The third-order valence-electron chi connectivity index (χ3n) is 4.92. The summed E-state index contributed by atoms with van der Waals surface area (Å²) in [5.41, 5.74) is -1.68. The Labute approximate surface area is 213 Å². The van der Waals surface area contributed by atoms with Crippen LogP contribution in [0.4, 0.5) is 4.39 Å². The largest absolute Gasteiger partial charge is 0.462 e. The molecular formula is C21H26BrFN3O9P. The van der Waals surface area contributed by atoms with Gasteiger partial charge in [0, 0.05) is 12.3 Å².